The van der Waals surface area contributed by atoms with Gasteiger partial charge in [0.2, 0.25) is 0 Å². The third kappa shape index (κ3) is 6.22. The van der Waals surface area contributed by atoms with Crippen molar-refractivity contribution in [2.24, 2.45) is 0 Å². The number of nitrogens with one attached hydrogen (secondary N) is 1. The lowest BCUT2D eigenvalue weighted by Gasteiger charge is -2.25. The molecule has 144 valence electrons. The van der Waals surface area contributed by atoms with Gasteiger partial charge < -0.3 is 14.8 Å². The second-order valence-electron chi connectivity index (χ2n) is 6.81. The van der Waals surface area contributed by atoms with Gasteiger partial charge in [-0.1, -0.05) is 30.8 Å². The quantitative estimate of drug-likeness (QED) is 0.713. The van der Waals surface area contributed by atoms with Crippen molar-refractivity contribution in [3.05, 3.63) is 72.1 Å². The van der Waals surface area contributed by atoms with E-state index in [1.165, 1.54) is 24.3 Å². The molecular formula is C22H26FNO3. The van der Waals surface area contributed by atoms with E-state index in [4.69, 9.17) is 9.47 Å². The number of amides is 1. The van der Waals surface area contributed by atoms with Crippen LogP contribution in [-0.2, 0) is 16.1 Å². The van der Waals surface area contributed by atoms with Gasteiger partial charge in [-0.05, 0) is 61.2 Å². The average molecular weight is 371 g/mol. The van der Waals surface area contributed by atoms with Gasteiger partial charge in [0.15, 0.2) is 5.60 Å². The van der Waals surface area contributed by atoms with Crippen LogP contribution in [0.25, 0.3) is 5.57 Å². The van der Waals surface area contributed by atoms with Crippen LogP contribution < -0.4 is 10.1 Å². The molecule has 0 bridgehead atoms. The van der Waals surface area contributed by atoms with E-state index in [0.717, 1.165) is 16.7 Å². The summed E-state index contributed by atoms with van der Waals surface area (Å²) in [6, 6.07) is 13.6. The van der Waals surface area contributed by atoms with Crippen molar-refractivity contribution >= 4 is 11.5 Å². The van der Waals surface area contributed by atoms with E-state index in [0.29, 0.717) is 25.3 Å². The fourth-order valence-electron chi connectivity index (χ4n) is 2.53. The van der Waals surface area contributed by atoms with Crippen LogP contribution in [0, 0.1) is 5.82 Å². The van der Waals surface area contributed by atoms with Gasteiger partial charge >= 0.3 is 0 Å². The minimum atomic E-state index is -1.07. The Bertz CT molecular complexity index is 767. The zero-order valence-electron chi connectivity index (χ0n) is 16.0. The molecule has 2 rings (SSSR count). The van der Waals surface area contributed by atoms with Gasteiger partial charge in [-0.25, -0.2) is 4.39 Å². The van der Waals surface area contributed by atoms with Gasteiger partial charge in [0.25, 0.3) is 5.91 Å². The van der Waals surface area contributed by atoms with E-state index in [2.05, 4.69) is 11.9 Å². The smallest absolute Gasteiger partial charge is 0.263 e. The Hall–Kier alpha value is -2.66. The minimum absolute atomic E-state index is 0.241. The van der Waals surface area contributed by atoms with Crippen LogP contribution in [0.5, 0.6) is 5.75 Å². The summed E-state index contributed by atoms with van der Waals surface area (Å²) in [6.45, 7) is 8.46. The maximum Gasteiger partial charge on any atom is 0.263 e. The summed E-state index contributed by atoms with van der Waals surface area (Å²) in [7, 11) is 1.66. The van der Waals surface area contributed by atoms with Crippen LogP contribution in [0.4, 0.5) is 4.39 Å². The number of carbonyl (C=O) groups is 1. The predicted octanol–water partition coefficient (Wildman–Crippen LogP) is 4.35. The van der Waals surface area contributed by atoms with E-state index >= 15 is 0 Å². The number of rotatable bonds is 9. The third-order valence-corrected chi connectivity index (χ3v) is 4.12. The lowest BCUT2D eigenvalue weighted by atomic mass is 10.0. The number of methoxy groups -OCH3 is 1. The maximum absolute atomic E-state index is 13.0. The summed E-state index contributed by atoms with van der Waals surface area (Å²) in [4.78, 5) is 12.4. The number of ether oxygens (including phenoxy) is 2. The molecule has 0 fully saturated rings. The zero-order valence-corrected chi connectivity index (χ0v) is 16.0. The molecule has 0 radical (unpaired) electrons. The first kappa shape index (κ1) is 20.6. The lowest BCUT2D eigenvalue weighted by molar-refractivity contribution is -0.134. The van der Waals surface area contributed by atoms with Crippen molar-refractivity contribution < 1.29 is 18.7 Å². The molecule has 2 aromatic carbocycles. The molecule has 0 aliphatic carbocycles. The molecule has 0 aliphatic heterocycles. The van der Waals surface area contributed by atoms with E-state index in [-0.39, 0.29) is 11.7 Å². The third-order valence-electron chi connectivity index (χ3n) is 4.12. The fraction of sp³-hybridized carbons (Fsp3) is 0.318. The summed E-state index contributed by atoms with van der Waals surface area (Å²) in [6.07, 6.45) is 0.627. The highest BCUT2D eigenvalue weighted by molar-refractivity contribution is 5.84. The molecule has 0 atom stereocenters. The molecule has 0 unspecified atom stereocenters. The Morgan fingerprint density at radius 3 is 2.33 bits per heavy atom. The first-order chi connectivity index (χ1) is 12.8. The largest absolute Gasteiger partial charge is 0.478 e. The Labute approximate surface area is 160 Å². The zero-order chi connectivity index (χ0) is 19.9. The second-order valence-corrected chi connectivity index (χ2v) is 6.81. The summed E-state index contributed by atoms with van der Waals surface area (Å²) in [5.74, 6) is -0.148. The van der Waals surface area contributed by atoms with Gasteiger partial charge in [0.05, 0.1) is 6.61 Å². The normalized spacial score (nSPS) is 11.1. The Morgan fingerprint density at radius 2 is 1.74 bits per heavy atom. The molecule has 0 heterocycles. The Kier molecular flexibility index (Phi) is 7.13. The lowest BCUT2D eigenvalue weighted by Crippen LogP contribution is -2.46. The number of benzene rings is 2. The van der Waals surface area contributed by atoms with E-state index in [1.807, 2.05) is 24.3 Å². The van der Waals surface area contributed by atoms with Crippen LogP contribution in [-0.4, -0.2) is 25.2 Å². The molecule has 2 aromatic rings. The van der Waals surface area contributed by atoms with Gasteiger partial charge in [-0.15, -0.1) is 0 Å². The Morgan fingerprint density at radius 1 is 1.11 bits per heavy atom. The van der Waals surface area contributed by atoms with E-state index in [9.17, 15) is 9.18 Å². The number of hydrogen-bond acceptors (Lipinski definition) is 3. The van der Waals surface area contributed by atoms with Gasteiger partial charge in [-0.2, -0.15) is 0 Å². The minimum Gasteiger partial charge on any atom is -0.478 e. The first-order valence-corrected chi connectivity index (χ1v) is 8.81. The molecule has 0 aromatic heterocycles. The highest BCUT2D eigenvalue weighted by Crippen LogP contribution is 2.20. The number of halogens is 1. The molecular weight excluding hydrogens is 345 g/mol. The average Bonchev–Trinajstić information content (AvgIpc) is 2.64. The van der Waals surface area contributed by atoms with Crippen LogP contribution in [0.1, 0.15) is 31.4 Å². The fourth-order valence-corrected chi connectivity index (χ4v) is 2.53. The van der Waals surface area contributed by atoms with Gasteiger partial charge in [0, 0.05) is 13.7 Å². The second kappa shape index (κ2) is 9.33. The van der Waals surface area contributed by atoms with Crippen LogP contribution in [0.3, 0.4) is 0 Å². The highest BCUT2D eigenvalue weighted by Gasteiger charge is 2.29. The van der Waals surface area contributed by atoms with Crippen molar-refractivity contribution in [2.75, 3.05) is 13.7 Å². The van der Waals surface area contributed by atoms with Gasteiger partial charge in [-0.3, -0.25) is 4.79 Å². The number of carbonyl (C=O) groups excluding carboxylic acids is 1. The van der Waals surface area contributed by atoms with Crippen LogP contribution >= 0.6 is 0 Å². The molecule has 1 N–H and O–H groups in total. The molecule has 0 saturated heterocycles. The summed E-state index contributed by atoms with van der Waals surface area (Å²) in [5, 5.41) is 2.87. The SMILES string of the molecule is C=C(CCNC(=O)C(C)(C)Oc1ccc(F)cc1)c1ccc(COC)cc1. The Balaban J connectivity index is 1.83. The van der Waals surface area contributed by atoms with Crippen LogP contribution in [0.2, 0.25) is 0 Å². The molecule has 0 spiro atoms. The maximum atomic E-state index is 13.0. The molecule has 4 nitrogen and oxygen atoms in total. The summed E-state index contributed by atoms with van der Waals surface area (Å²) in [5.41, 5.74) is 2.01. The van der Waals surface area contributed by atoms with Crippen molar-refractivity contribution in [1.29, 1.82) is 0 Å². The van der Waals surface area contributed by atoms with Gasteiger partial charge in [0.1, 0.15) is 11.6 Å². The van der Waals surface area contributed by atoms with Crippen molar-refractivity contribution in [3.63, 3.8) is 0 Å². The summed E-state index contributed by atoms with van der Waals surface area (Å²) >= 11 is 0. The van der Waals surface area contributed by atoms with E-state index in [1.54, 1.807) is 21.0 Å². The van der Waals surface area contributed by atoms with Crippen molar-refractivity contribution in [3.8, 4) is 5.75 Å². The summed E-state index contributed by atoms with van der Waals surface area (Å²) < 4.78 is 23.8. The first-order valence-electron chi connectivity index (χ1n) is 8.81. The molecule has 0 saturated carbocycles. The van der Waals surface area contributed by atoms with Crippen molar-refractivity contribution in [1.82, 2.24) is 5.32 Å². The molecule has 27 heavy (non-hydrogen) atoms. The predicted molar refractivity (Wildman–Crippen MR) is 105 cm³/mol. The number of hydrogen-bond donors (Lipinski definition) is 1. The van der Waals surface area contributed by atoms with E-state index < -0.39 is 5.60 Å². The molecule has 0 aliphatic rings. The molecule has 1 amide bonds. The van der Waals surface area contributed by atoms with Crippen LogP contribution in [0.15, 0.2) is 55.1 Å². The highest BCUT2D eigenvalue weighted by atomic mass is 19.1. The topological polar surface area (TPSA) is 47.6 Å². The molecule has 5 heteroatoms. The monoisotopic (exact) mass is 371 g/mol. The standard InChI is InChI=1S/C22H26FNO3/c1-16(18-7-5-17(6-8-18)15-26-4)13-14-24-21(25)22(2,3)27-20-11-9-19(23)10-12-20/h5-12H,1,13-15H2,2-4H3,(H,24,25). The van der Waals surface area contributed by atoms with Crippen molar-refractivity contribution in [2.45, 2.75) is 32.5 Å².